The quantitative estimate of drug-likeness (QED) is 0.629. The number of carbonyl (C=O) groups excluding carboxylic acids is 1. The first-order valence-corrected chi connectivity index (χ1v) is 14.0. The van der Waals surface area contributed by atoms with E-state index in [1.807, 2.05) is 13.8 Å². The highest BCUT2D eigenvalue weighted by atomic mass is 32.2. The van der Waals surface area contributed by atoms with Crippen LogP contribution in [0.5, 0.6) is 0 Å². The summed E-state index contributed by atoms with van der Waals surface area (Å²) in [6.07, 6.45) is 2.28. The third-order valence-corrected chi connectivity index (χ3v) is 8.61. The monoisotopic (exact) mass is 499 g/mol. The van der Waals surface area contributed by atoms with Crippen LogP contribution >= 0.6 is 0 Å². The number of nitrogens with zero attached hydrogens (tertiary/aromatic N) is 2. The number of piperidine rings is 1. The Hall–Kier alpha value is -2.26. The first-order chi connectivity index (χ1) is 16.7. The molecule has 1 N–H and O–H groups in total. The maximum atomic E-state index is 13.0. The van der Waals surface area contributed by atoms with Crippen LogP contribution in [0.4, 0.5) is 0 Å². The van der Waals surface area contributed by atoms with Gasteiger partial charge in [0.25, 0.3) is 5.91 Å². The highest BCUT2D eigenvalue weighted by Crippen LogP contribution is 2.22. The van der Waals surface area contributed by atoms with E-state index >= 15 is 0 Å². The third kappa shape index (κ3) is 6.70. The lowest BCUT2D eigenvalue weighted by Crippen LogP contribution is -2.48. The van der Waals surface area contributed by atoms with E-state index in [4.69, 9.17) is 4.74 Å². The van der Waals surface area contributed by atoms with Crippen molar-refractivity contribution in [1.29, 1.82) is 0 Å². The molecule has 2 saturated heterocycles. The molecule has 0 radical (unpaired) electrons. The van der Waals surface area contributed by atoms with Gasteiger partial charge in [-0.05, 0) is 74.5 Å². The fraction of sp³-hybridized carbons (Fsp3) is 0.519. The van der Waals surface area contributed by atoms with Crippen molar-refractivity contribution in [2.75, 3.05) is 26.2 Å². The van der Waals surface area contributed by atoms with Gasteiger partial charge in [0.2, 0.25) is 10.0 Å². The molecule has 0 spiro atoms. The largest absolute Gasteiger partial charge is 0.373 e. The molecule has 190 valence electrons. The normalized spacial score (nSPS) is 24.3. The Morgan fingerprint density at radius 1 is 0.943 bits per heavy atom. The molecule has 3 atom stereocenters. The van der Waals surface area contributed by atoms with E-state index in [1.165, 1.54) is 34.8 Å². The number of hydrogen-bond donors (Lipinski definition) is 1. The summed E-state index contributed by atoms with van der Waals surface area (Å²) in [5, 5.41) is 2.93. The molecule has 2 aromatic carbocycles. The molecule has 35 heavy (non-hydrogen) atoms. The van der Waals surface area contributed by atoms with E-state index in [9.17, 15) is 13.2 Å². The summed E-state index contributed by atoms with van der Waals surface area (Å²) in [5.41, 5.74) is 2.75. The van der Waals surface area contributed by atoms with E-state index in [1.54, 1.807) is 12.1 Å². The van der Waals surface area contributed by atoms with Gasteiger partial charge in [0.15, 0.2) is 0 Å². The molecule has 2 aromatic rings. The molecule has 2 fully saturated rings. The lowest BCUT2D eigenvalue weighted by Gasteiger charge is -2.34. The Morgan fingerprint density at radius 2 is 1.57 bits per heavy atom. The van der Waals surface area contributed by atoms with Crippen LogP contribution in [-0.2, 0) is 27.8 Å². The van der Waals surface area contributed by atoms with E-state index < -0.39 is 10.0 Å². The van der Waals surface area contributed by atoms with Crippen molar-refractivity contribution >= 4 is 15.9 Å². The average Bonchev–Trinajstić information content (AvgIpc) is 2.83. The fourth-order valence-corrected chi connectivity index (χ4v) is 6.58. The summed E-state index contributed by atoms with van der Waals surface area (Å²) in [4.78, 5) is 15.3. The van der Waals surface area contributed by atoms with Gasteiger partial charge in [-0.1, -0.05) is 31.2 Å². The van der Waals surface area contributed by atoms with Crippen LogP contribution in [0.15, 0.2) is 53.4 Å². The Bertz CT molecular complexity index is 1090. The van der Waals surface area contributed by atoms with Crippen molar-refractivity contribution in [1.82, 2.24) is 14.5 Å². The minimum Gasteiger partial charge on any atom is -0.373 e. The predicted octanol–water partition coefficient (Wildman–Crippen LogP) is 3.65. The zero-order valence-corrected chi connectivity index (χ0v) is 21.8. The Labute approximate surface area is 209 Å². The van der Waals surface area contributed by atoms with Gasteiger partial charge >= 0.3 is 0 Å². The molecule has 0 bridgehead atoms. The van der Waals surface area contributed by atoms with Crippen molar-refractivity contribution in [2.24, 2.45) is 5.92 Å². The molecule has 3 unspecified atom stereocenters. The number of ether oxygens (including phenoxy) is 1. The smallest absolute Gasteiger partial charge is 0.251 e. The van der Waals surface area contributed by atoms with E-state index in [0.29, 0.717) is 25.2 Å². The van der Waals surface area contributed by atoms with Crippen molar-refractivity contribution in [3.8, 4) is 0 Å². The van der Waals surface area contributed by atoms with Crippen molar-refractivity contribution in [2.45, 2.75) is 63.8 Å². The van der Waals surface area contributed by atoms with Crippen LogP contribution in [0.25, 0.3) is 0 Å². The van der Waals surface area contributed by atoms with Crippen molar-refractivity contribution in [3.63, 3.8) is 0 Å². The minimum absolute atomic E-state index is 0.152. The van der Waals surface area contributed by atoms with E-state index in [-0.39, 0.29) is 23.0 Å². The number of morpholine rings is 1. The van der Waals surface area contributed by atoms with Gasteiger partial charge < -0.3 is 10.1 Å². The van der Waals surface area contributed by atoms with Crippen LogP contribution in [-0.4, -0.2) is 61.9 Å². The number of likely N-dealkylation sites (tertiary alicyclic amines) is 1. The molecular weight excluding hydrogens is 462 g/mol. The number of sulfonamides is 1. The lowest BCUT2D eigenvalue weighted by molar-refractivity contribution is -0.0440. The van der Waals surface area contributed by atoms with Gasteiger partial charge in [-0.15, -0.1) is 0 Å². The molecule has 2 aliphatic heterocycles. The molecule has 4 rings (SSSR count). The van der Waals surface area contributed by atoms with Crippen molar-refractivity contribution in [3.05, 3.63) is 65.2 Å². The molecule has 0 aliphatic carbocycles. The second-order valence-corrected chi connectivity index (χ2v) is 12.0. The number of benzene rings is 2. The predicted molar refractivity (Wildman–Crippen MR) is 136 cm³/mol. The molecule has 2 aliphatic rings. The molecule has 7 nitrogen and oxygen atoms in total. The van der Waals surface area contributed by atoms with Crippen LogP contribution < -0.4 is 5.32 Å². The van der Waals surface area contributed by atoms with Gasteiger partial charge in [0.1, 0.15) is 0 Å². The van der Waals surface area contributed by atoms with Crippen LogP contribution in [0, 0.1) is 5.92 Å². The maximum Gasteiger partial charge on any atom is 0.251 e. The summed E-state index contributed by atoms with van der Waals surface area (Å²) < 4.78 is 33.1. The van der Waals surface area contributed by atoms with Gasteiger partial charge in [-0.2, -0.15) is 4.31 Å². The summed E-state index contributed by atoms with van der Waals surface area (Å²) in [7, 11) is -3.63. The van der Waals surface area contributed by atoms with Crippen LogP contribution in [0.2, 0.25) is 0 Å². The number of rotatable bonds is 7. The number of carbonyl (C=O) groups is 1. The average molecular weight is 500 g/mol. The van der Waals surface area contributed by atoms with Crippen LogP contribution in [0.1, 0.15) is 55.1 Å². The second kappa shape index (κ2) is 11.2. The number of hydrogen-bond acceptors (Lipinski definition) is 5. The van der Waals surface area contributed by atoms with Gasteiger partial charge in [-0.25, -0.2) is 8.42 Å². The first kappa shape index (κ1) is 25.8. The summed E-state index contributed by atoms with van der Waals surface area (Å²) in [6, 6.07) is 14.5. The SMILES string of the molecule is CC1CCCN(Cc2ccc(CNC(=O)c3ccc(S(=O)(=O)N4CC(C)OC(C)C4)cc3)cc2)C1. The zero-order valence-electron chi connectivity index (χ0n) is 20.9. The molecule has 0 saturated carbocycles. The highest BCUT2D eigenvalue weighted by Gasteiger charge is 2.32. The summed E-state index contributed by atoms with van der Waals surface area (Å²) in [5.74, 6) is 0.535. The molecule has 1 amide bonds. The van der Waals surface area contributed by atoms with Crippen molar-refractivity contribution < 1.29 is 17.9 Å². The van der Waals surface area contributed by atoms with Gasteiger partial charge in [-0.3, -0.25) is 9.69 Å². The summed E-state index contributed by atoms with van der Waals surface area (Å²) in [6.45, 7) is 10.4. The van der Waals surface area contributed by atoms with Gasteiger partial charge in [0.05, 0.1) is 17.1 Å². The Balaban J connectivity index is 1.31. The fourth-order valence-electron chi connectivity index (χ4n) is 4.99. The second-order valence-electron chi connectivity index (χ2n) is 10.1. The number of amides is 1. The van der Waals surface area contributed by atoms with Gasteiger partial charge in [0, 0.05) is 38.3 Å². The summed E-state index contributed by atoms with van der Waals surface area (Å²) >= 11 is 0. The topological polar surface area (TPSA) is 79.0 Å². The van der Waals surface area contributed by atoms with E-state index in [2.05, 4.69) is 41.4 Å². The molecule has 8 heteroatoms. The highest BCUT2D eigenvalue weighted by molar-refractivity contribution is 7.89. The molecular formula is C27H37N3O4S. The number of nitrogens with one attached hydrogen (secondary N) is 1. The molecule has 2 heterocycles. The Morgan fingerprint density at radius 3 is 2.20 bits per heavy atom. The van der Waals surface area contributed by atoms with Crippen LogP contribution in [0.3, 0.4) is 0 Å². The first-order valence-electron chi connectivity index (χ1n) is 12.5. The van der Waals surface area contributed by atoms with E-state index in [0.717, 1.165) is 31.1 Å². The standard InChI is InChI=1S/C27H37N3O4S/c1-20-5-4-14-29(16-20)19-24-8-6-23(7-9-24)15-28-27(31)25-10-12-26(13-11-25)35(32,33)30-17-21(2)34-22(3)18-30/h6-13,20-22H,4-5,14-19H2,1-3H3,(H,28,31). The third-order valence-electron chi connectivity index (χ3n) is 6.76. The minimum atomic E-state index is -3.63. The Kier molecular flexibility index (Phi) is 8.27. The molecule has 0 aromatic heterocycles. The maximum absolute atomic E-state index is 13.0. The lowest BCUT2D eigenvalue weighted by atomic mass is 9.99. The zero-order chi connectivity index (χ0) is 25.0.